The third-order valence-electron chi connectivity index (χ3n) is 3.69. The molecule has 0 bridgehead atoms. The highest BCUT2D eigenvalue weighted by Gasteiger charge is 2.31. The summed E-state index contributed by atoms with van der Waals surface area (Å²) in [5, 5.41) is 10.3. The fourth-order valence-electron chi connectivity index (χ4n) is 2.54. The van der Waals surface area contributed by atoms with E-state index in [1.54, 1.807) is 31.2 Å². The molecule has 3 rings (SSSR count). The number of carbonyl (C=O) groups excluding carboxylic acids is 1. The number of nitrogens with zero attached hydrogens (tertiary/aromatic N) is 3. The Kier molecular flexibility index (Phi) is 3.85. The van der Waals surface area contributed by atoms with E-state index in [1.807, 2.05) is 13.8 Å². The van der Waals surface area contributed by atoms with Crippen molar-refractivity contribution in [3.05, 3.63) is 56.8 Å². The van der Waals surface area contributed by atoms with E-state index >= 15 is 0 Å². The molecule has 0 aliphatic heterocycles. The third-order valence-corrected chi connectivity index (χ3v) is 4.84. The molecule has 0 saturated heterocycles. The fourth-order valence-corrected chi connectivity index (χ4v) is 2.72. The van der Waals surface area contributed by atoms with Gasteiger partial charge in [0.25, 0.3) is 0 Å². The van der Waals surface area contributed by atoms with Crippen LogP contribution in [0.1, 0.15) is 34.2 Å². The van der Waals surface area contributed by atoms with Gasteiger partial charge >= 0.3 is 0 Å². The average Bonchev–Trinajstić information content (AvgIpc) is 2.77. The van der Waals surface area contributed by atoms with Crippen molar-refractivity contribution >= 4 is 39.1 Å². The van der Waals surface area contributed by atoms with Gasteiger partial charge in [0.1, 0.15) is 5.76 Å². The maximum Gasteiger partial charge on any atom is 0.250 e. The van der Waals surface area contributed by atoms with E-state index in [4.69, 9.17) is 0 Å². The maximum atomic E-state index is 12.5. The lowest BCUT2D eigenvalue weighted by atomic mass is 10.1. The van der Waals surface area contributed by atoms with Gasteiger partial charge < -0.3 is 5.11 Å². The van der Waals surface area contributed by atoms with Crippen molar-refractivity contribution in [1.29, 1.82) is 0 Å². The van der Waals surface area contributed by atoms with Gasteiger partial charge in [-0.3, -0.25) is 4.79 Å². The quantitative estimate of drug-likeness (QED) is 0.805. The minimum Gasteiger partial charge on any atom is -0.506 e. The zero-order valence-electron chi connectivity index (χ0n) is 12.9. The number of aliphatic hydroxyl groups excluding tert-OH is 1. The van der Waals surface area contributed by atoms with Crippen molar-refractivity contribution in [3.63, 3.8) is 0 Å². The number of aryl methyl sites for hydroxylation is 2. The number of rotatable bonds is 2. The number of aliphatic hydroxyl groups is 1. The van der Waals surface area contributed by atoms with Gasteiger partial charge in [-0.15, -0.1) is 0 Å². The molecule has 1 aliphatic carbocycles. The summed E-state index contributed by atoms with van der Waals surface area (Å²) in [6.45, 7) is 5.37. The van der Waals surface area contributed by atoms with Crippen LogP contribution < -0.4 is 0 Å². The number of Topliss-reactive ketones (excluding diaryl/α,β-unsaturated/α-hetero) is 1. The number of aliphatic imine (C=N–C) groups is 1. The highest BCUT2D eigenvalue weighted by atomic mass is 79.9. The minimum absolute atomic E-state index is 0.0441. The number of fused-ring (bicyclic) bond motifs is 1. The maximum absolute atomic E-state index is 12.5. The molecular formula is C17H14BrN3O2. The molecule has 1 aromatic carbocycles. The van der Waals surface area contributed by atoms with Gasteiger partial charge in [-0.25, -0.2) is 15.0 Å². The van der Waals surface area contributed by atoms with E-state index < -0.39 is 0 Å². The third kappa shape index (κ3) is 2.59. The highest BCUT2D eigenvalue weighted by molar-refractivity contribution is 9.10. The number of aromatic nitrogens is 2. The van der Waals surface area contributed by atoms with Crippen molar-refractivity contribution in [1.82, 2.24) is 9.97 Å². The Bertz CT molecular complexity index is 877. The molecule has 0 fully saturated rings. The Labute approximate surface area is 142 Å². The molecule has 23 heavy (non-hydrogen) atoms. The molecule has 0 atom stereocenters. The molecule has 6 heteroatoms. The standard InChI is InChI=1S/C17H14BrN3O2/c1-8(19-17-20-9(2)14(18)10(3)21-17)13-15(22)11-6-4-5-7-12(11)16(13)23/h4-7,22H,1-3H3/b19-8+. The van der Waals surface area contributed by atoms with E-state index in [1.165, 1.54) is 0 Å². The Balaban J connectivity index is 2.06. The van der Waals surface area contributed by atoms with Crippen molar-refractivity contribution in [2.45, 2.75) is 20.8 Å². The van der Waals surface area contributed by atoms with Gasteiger partial charge in [0.2, 0.25) is 5.95 Å². The predicted octanol–water partition coefficient (Wildman–Crippen LogP) is 4.11. The second-order valence-corrected chi connectivity index (χ2v) is 6.10. The van der Waals surface area contributed by atoms with Crippen LogP contribution in [0.25, 0.3) is 5.76 Å². The van der Waals surface area contributed by atoms with Gasteiger partial charge in [0.05, 0.1) is 27.1 Å². The number of carbonyl (C=O) groups is 1. The molecule has 0 spiro atoms. The van der Waals surface area contributed by atoms with Crippen LogP contribution in [0.15, 0.2) is 39.3 Å². The molecule has 1 aliphatic rings. The van der Waals surface area contributed by atoms with E-state index in [9.17, 15) is 9.90 Å². The van der Waals surface area contributed by atoms with Crippen LogP contribution in [-0.4, -0.2) is 26.6 Å². The lowest BCUT2D eigenvalue weighted by Crippen LogP contribution is -2.08. The van der Waals surface area contributed by atoms with E-state index in [0.29, 0.717) is 16.8 Å². The first kappa shape index (κ1) is 15.6. The average molecular weight is 372 g/mol. The summed E-state index contributed by atoms with van der Waals surface area (Å²) in [5.74, 6) is -0.00735. The second-order valence-electron chi connectivity index (χ2n) is 5.30. The first-order chi connectivity index (χ1) is 10.9. The van der Waals surface area contributed by atoms with Crippen LogP contribution in [0.5, 0.6) is 0 Å². The summed E-state index contributed by atoms with van der Waals surface area (Å²) in [7, 11) is 0. The minimum atomic E-state index is -0.232. The predicted molar refractivity (Wildman–Crippen MR) is 92.3 cm³/mol. The molecule has 5 nitrogen and oxygen atoms in total. The Morgan fingerprint density at radius 2 is 1.70 bits per heavy atom. The zero-order valence-corrected chi connectivity index (χ0v) is 14.5. The van der Waals surface area contributed by atoms with Crippen molar-refractivity contribution in [2.75, 3.05) is 0 Å². The summed E-state index contributed by atoms with van der Waals surface area (Å²) in [5.41, 5.74) is 3.15. The summed E-state index contributed by atoms with van der Waals surface area (Å²) < 4.78 is 0.834. The summed E-state index contributed by atoms with van der Waals surface area (Å²) in [6, 6.07) is 6.96. The summed E-state index contributed by atoms with van der Waals surface area (Å²) >= 11 is 3.41. The first-order valence-electron chi connectivity index (χ1n) is 7.04. The van der Waals surface area contributed by atoms with Gasteiger partial charge in [0, 0.05) is 11.1 Å². The molecule has 1 aromatic heterocycles. The number of hydrogen-bond donors (Lipinski definition) is 1. The van der Waals surface area contributed by atoms with Crippen molar-refractivity contribution < 1.29 is 9.90 Å². The highest BCUT2D eigenvalue weighted by Crippen LogP contribution is 2.32. The monoisotopic (exact) mass is 371 g/mol. The van der Waals surface area contributed by atoms with Crippen LogP contribution in [-0.2, 0) is 0 Å². The van der Waals surface area contributed by atoms with Crippen LogP contribution in [0, 0.1) is 13.8 Å². The number of hydrogen-bond acceptors (Lipinski definition) is 5. The molecule has 1 N–H and O–H groups in total. The lowest BCUT2D eigenvalue weighted by Gasteiger charge is -2.05. The van der Waals surface area contributed by atoms with Crippen LogP contribution in [0.2, 0.25) is 0 Å². The fraction of sp³-hybridized carbons (Fsp3) is 0.176. The first-order valence-corrected chi connectivity index (χ1v) is 7.83. The molecule has 0 unspecified atom stereocenters. The molecule has 0 saturated carbocycles. The Morgan fingerprint density at radius 3 is 2.26 bits per heavy atom. The number of halogens is 1. The largest absolute Gasteiger partial charge is 0.506 e. The lowest BCUT2D eigenvalue weighted by molar-refractivity contribution is 0.104. The normalized spacial score (nSPS) is 14.4. The van der Waals surface area contributed by atoms with Crippen LogP contribution in [0.4, 0.5) is 5.95 Å². The van der Waals surface area contributed by atoms with Gasteiger partial charge in [-0.2, -0.15) is 0 Å². The molecular weight excluding hydrogens is 358 g/mol. The molecule has 1 heterocycles. The Morgan fingerprint density at radius 1 is 1.13 bits per heavy atom. The smallest absolute Gasteiger partial charge is 0.250 e. The van der Waals surface area contributed by atoms with Crippen LogP contribution >= 0.6 is 15.9 Å². The number of ketones is 1. The Hall–Kier alpha value is -2.34. The van der Waals surface area contributed by atoms with Crippen molar-refractivity contribution in [2.24, 2.45) is 4.99 Å². The van der Waals surface area contributed by atoms with E-state index in [2.05, 4.69) is 30.9 Å². The summed E-state index contributed by atoms with van der Waals surface area (Å²) in [6.07, 6.45) is 0. The van der Waals surface area contributed by atoms with E-state index in [0.717, 1.165) is 15.9 Å². The van der Waals surface area contributed by atoms with Crippen molar-refractivity contribution in [3.8, 4) is 0 Å². The molecule has 0 amide bonds. The molecule has 116 valence electrons. The molecule has 0 radical (unpaired) electrons. The van der Waals surface area contributed by atoms with E-state index in [-0.39, 0.29) is 23.1 Å². The van der Waals surface area contributed by atoms with Crippen LogP contribution in [0.3, 0.4) is 0 Å². The second kappa shape index (κ2) is 5.70. The number of benzene rings is 1. The zero-order chi connectivity index (χ0) is 16.7. The topological polar surface area (TPSA) is 75.4 Å². The number of allylic oxidation sites excluding steroid dienone is 1. The van der Waals surface area contributed by atoms with Gasteiger partial charge in [-0.1, -0.05) is 24.3 Å². The van der Waals surface area contributed by atoms with Gasteiger partial charge in [-0.05, 0) is 36.7 Å². The van der Waals surface area contributed by atoms with Gasteiger partial charge in [0.15, 0.2) is 5.78 Å². The summed E-state index contributed by atoms with van der Waals surface area (Å²) in [4.78, 5) is 25.4. The molecule has 2 aromatic rings. The SMILES string of the molecule is C/C(=N\c1nc(C)c(Br)c(C)n1)C1=C(O)c2ccccc2C1=O.